The van der Waals surface area contributed by atoms with E-state index in [1.54, 1.807) is 17.0 Å². The van der Waals surface area contributed by atoms with Gasteiger partial charge in [0.1, 0.15) is 12.4 Å². The smallest absolute Gasteiger partial charge is 0.336 e. The number of nitrogens with zero attached hydrogens (tertiary/aromatic N) is 1. The van der Waals surface area contributed by atoms with E-state index in [4.69, 9.17) is 18.9 Å². The zero-order valence-corrected chi connectivity index (χ0v) is 18.3. The van der Waals surface area contributed by atoms with Gasteiger partial charge in [-0.2, -0.15) is 0 Å². The Labute approximate surface area is 182 Å². The number of cyclic esters (lactones) is 1. The van der Waals surface area contributed by atoms with Crippen molar-refractivity contribution < 1.29 is 28.5 Å². The van der Waals surface area contributed by atoms with Crippen LogP contribution in [0.25, 0.3) is 0 Å². The first-order chi connectivity index (χ1) is 14.5. The molecular formula is C22H20BrNO6. The summed E-state index contributed by atoms with van der Waals surface area (Å²) in [5.41, 5.74) is 2.36. The topological polar surface area (TPSA) is 74.3 Å². The van der Waals surface area contributed by atoms with Gasteiger partial charge in [-0.15, -0.1) is 0 Å². The molecule has 2 aromatic rings. The van der Waals surface area contributed by atoms with Gasteiger partial charge in [0.2, 0.25) is 5.91 Å². The molecule has 1 unspecified atom stereocenters. The summed E-state index contributed by atoms with van der Waals surface area (Å²) < 4.78 is 22.5. The molecule has 0 spiro atoms. The lowest BCUT2D eigenvalue weighted by Gasteiger charge is -2.32. The number of carbonyl (C=O) groups is 2. The molecule has 0 fully saturated rings. The van der Waals surface area contributed by atoms with Crippen LogP contribution >= 0.6 is 15.9 Å². The summed E-state index contributed by atoms with van der Waals surface area (Å²) in [4.78, 5) is 27.5. The molecule has 2 aromatic carbocycles. The van der Waals surface area contributed by atoms with Crippen molar-refractivity contribution >= 4 is 33.5 Å². The first kappa shape index (κ1) is 20.3. The second-order valence-electron chi connectivity index (χ2n) is 6.85. The maximum absolute atomic E-state index is 13.2. The average molecular weight is 474 g/mol. The predicted octanol–water partition coefficient (Wildman–Crippen LogP) is 3.81. The Bertz CT molecular complexity index is 1060. The molecule has 0 saturated carbocycles. The van der Waals surface area contributed by atoms with Crippen molar-refractivity contribution in [1.82, 2.24) is 0 Å². The molecule has 30 heavy (non-hydrogen) atoms. The number of hydrogen-bond acceptors (Lipinski definition) is 6. The fourth-order valence-corrected chi connectivity index (χ4v) is 4.35. The van der Waals surface area contributed by atoms with Crippen LogP contribution in [0.2, 0.25) is 0 Å². The molecule has 2 aliphatic heterocycles. The van der Waals surface area contributed by atoms with Crippen molar-refractivity contribution in [1.29, 1.82) is 0 Å². The fourth-order valence-electron chi connectivity index (χ4n) is 3.96. The molecule has 4 rings (SSSR count). The third-order valence-corrected chi connectivity index (χ3v) is 5.79. The molecule has 156 valence electrons. The maximum atomic E-state index is 13.2. The number of methoxy groups -OCH3 is 3. The number of halogens is 1. The predicted molar refractivity (Wildman–Crippen MR) is 113 cm³/mol. The Morgan fingerprint density at radius 3 is 2.37 bits per heavy atom. The van der Waals surface area contributed by atoms with Gasteiger partial charge < -0.3 is 18.9 Å². The highest BCUT2D eigenvalue weighted by Gasteiger charge is 2.44. The summed E-state index contributed by atoms with van der Waals surface area (Å²) in [5, 5.41) is 0. The minimum atomic E-state index is -0.513. The van der Waals surface area contributed by atoms with Crippen molar-refractivity contribution in [3.05, 3.63) is 57.7 Å². The number of carbonyl (C=O) groups excluding carboxylic acids is 2. The second kappa shape index (κ2) is 8.02. The zero-order valence-electron chi connectivity index (χ0n) is 16.7. The lowest BCUT2D eigenvalue weighted by atomic mass is 9.83. The summed E-state index contributed by atoms with van der Waals surface area (Å²) in [6.45, 7) is 0.0402. The molecule has 2 aliphatic rings. The average Bonchev–Trinajstić information content (AvgIpc) is 3.13. The van der Waals surface area contributed by atoms with Crippen molar-refractivity contribution in [3.8, 4) is 17.2 Å². The van der Waals surface area contributed by atoms with Crippen LogP contribution in [0.5, 0.6) is 17.2 Å². The lowest BCUT2D eigenvalue weighted by molar-refractivity contribution is -0.136. The number of esters is 1. The SMILES string of the molecule is COc1cc(OC)c(C2CC(=O)N(c3cccc(Br)c3)C3=C2C(=O)OC3)cc1OC. The number of ether oxygens (including phenoxy) is 4. The van der Waals surface area contributed by atoms with Gasteiger partial charge in [0.25, 0.3) is 0 Å². The number of hydrogen-bond donors (Lipinski definition) is 0. The molecule has 1 atom stereocenters. The summed E-state index contributed by atoms with van der Waals surface area (Å²) >= 11 is 3.44. The van der Waals surface area contributed by atoms with E-state index in [0.29, 0.717) is 39.8 Å². The van der Waals surface area contributed by atoms with Crippen LogP contribution in [0.4, 0.5) is 5.69 Å². The Morgan fingerprint density at radius 1 is 1.00 bits per heavy atom. The maximum Gasteiger partial charge on any atom is 0.336 e. The van der Waals surface area contributed by atoms with Crippen LogP contribution in [-0.4, -0.2) is 39.8 Å². The first-order valence-electron chi connectivity index (χ1n) is 9.27. The van der Waals surface area contributed by atoms with Crippen molar-refractivity contribution in [2.75, 3.05) is 32.8 Å². The molecule has 8 heteroatoms. The van der Waals surface area contributed by atoms with Gasteiger partial charge in [-0.1, -0.05) is 22.0 Å². The minimum Gasteiger partial charge on any atom is -0.496 e. The van der Waals surface area contributed by atoms with E-state index >= 15 is 0 Å². The number of rotatable bonds is 5. The van der Waals surface area contributed by atoms with E-state index in [2.05, 4.69) is 15.9 Å². The first-order valence-corrected chi connectivity index (χ1v) is 10.1. The van der Waals surface area contributed by atoms with Gasteiger partial charge in [-0.05, 0) is 24.3 Å². The molecule has 1 amide bonds. The van der Waals surface area contributed by atoms with E-state index in [1.165, 1.54) is 21.3 Å². The third-order valence-electron chi connectivity index (χ3n) is 5.30. The highest BCUT2D eigenvalue weighted by Crippen LogP contribution is 2.47. The molecule has 2 heterocycles. The van der Waals surface area contributed by atoms with Gasteiger partial charge in [0.05, 0.1) is 32.6 Å². The Morgan fingerprint density at radius 2 is 1.70 bits per heavy atom. The highest BCUT2D eigenvalue weighted by atomic mass is 79.9. The van der Waals surface area contributed by atoms with Gasteiger partial charge in [0.15, 0.2) is 11.5 Å². The van der Waals surface area contributed by atoms with Crippen LogP contribution in [0.3, 0.4) is 0 Å². The van der Waals surface area contributed by atoms with Crippen LogP contribution in [-0.2, 0) is 14.3 Å². The van der Waals surface area contributed by atoms with E-state index in [0.717, 1.165) is 4.47 Å². The van der Waals surface area contributed by atoms with Crippen molar-refractivity contribution in [2.45, 2.75) is 12.3 Å². The molecule has 0 bridgehead atoms. The fraction of sp³-hybridized carbons (Fsp3) is 0.273. The third kappa shape index (κ3) is 3.31. The molecule has 0 aliphatic carbocycles. The van der Waals surface area contributed by atoms with Gasteiger partial charge >= 0.3 is 5.97 Å². The van der Waals surface area contributed by atoms with E-state index < -0.39 is 11.9 Å². The largest absolute Gasteiger partial charge is 0.496 e. The number of amides is 1. The molecule has 0 aromatic heterocycles. The Hall–Kier alpha value is -3.00. The number of anilines is 1. The highest BCUT2D eigenvalue weighted by molar-refractivity contribution is 9.10. The monoisotopic (exact) mass is 473 g/mol. The Kier molecular flexibility index (Phi) is 5.42. The molecule has 7 nitrogen and oxygen atoms in total. The van der Waals surface area contributed by atoms with Gasteiger partial charge in [0, 0.05) is 34.1 Å². The second-order valence-corrected chi connectivity index (χ2v) is 7.77. The lowest BCUT2D eigenvalue weighted by Crippen LogP contribution is -2.37. The summed E-state index contributed by atoms with van der Waals surface area (Å²) in [5.74, 6) is 0.419. The van der Waals surface area contributed by atoms with Crippen molar-refractivity contribution in [2.24, 2.45) is 0 Å². The molecule has 0 radical (unpaired) electrons. The van der Waals surface area contributed by atoms with Crippen LogP contribution < -0.4 is 19.1 Å². The van der Waals surface area contributed by atoms with Crippen LogP contribution in [0.15, 0.2) is 52.1 Å². The summed E-state index contributed by atoms with van der Waals surface area (Å²) in [6, 6.07) is 10.8. The molecular weight excluding hydrogens is 454 g/mol. The quantitative estimate of drug-likeness (QED) is 0.614. The zero-order chi connectivity index (χ0) is 21.4. The van der Waals surface area contributed by atoms with E-state index in [-0.39, 0.29) is 18.9 Å². The van der Waals surface area contributed by atoms with Crippen LogP contribution in [0.1, 0.15) is 17.9 Å². The molecule has 0 saturated heterocycles. The summed E-state index contributed by atoms with van der Waals surface area (Å²) in [7, 11) is 4.60. The summed E-state index contributed by atoms with van der Waals surface area (Å²) in [6.07, 6.45) is 0.0896. The molecule has 0 N–H and O–H groups in total. The van der Waals surface area contributed by atoms with Gasteiger partial charge in [-0.25, -0.2) is 4.79 Å². The number of benzene rings is 2. The van der Waals surface area contributed by atoms with Crippen molar-refractivity contribution in [3.63, 3.8) is 0 Å². The van der Waals surface area contributed by atoms with Gasteiger partial charge in [-0.3, -0.25) is 9.69 Å². The van der Waals surface area contributed by atoms with E-state index in [9.17, 15) is 9.59 Å². The standard InChI is InChI=1S/C22H20BrNO6/c1-27-17-10-19(29-3)18(28-2)8-14(17)15-9-20(25)24(13-6-4-5-12(23)7-13)16-11-30-22(26)21(15)16/h4-8,10,15H,9,11H2,1-3H3. The normalized spacial score (nSPS) is 18.3. The minimum absolute atomic E-state index is 0.0402. The van der Waals surface area contributed by atoms with Crippen LogP contribution in [0, 0.1) is 0 Å². The van der Waals surface area contributed by atoms with E-state index in [1.807, 2.05) is 24.3 Å². The Balaban J connectivity index is 1.87.